The number of rotatable bonds is 7. The average molecular weight is 576 g/mol. The van der Waals surface area contributed by atoms with Crippen molar-refractivity contribution in [2.24, 2.45) is 4.99 Å². The molecule has 0 N–H and O–H groups in total. The van der Waals surface area contributed by atoms with Gasteiger partial charge in [-0.05, 0) is 67.3 Å². The van der Waals surface area contributed by atoms with Crippen molar-refractivity contribution in [2.45, 2.75) is 26.5 Å². The molecule has 0 fully saturated rings. The third-order valence-corrected chi connectivity index (χ3v) is 8.21. The lowest BCUT2D eigenvalue weighted by Gasteiger charge is -2.23. The number of thiophene rings is 1. The quantitative estimate of drug-likeness (QED) is 0.290. The largest absolute Gasteiger partial charge is 0.488 e. The van der Waals surface area contributed by atoms with Crippen LogP contribution in [0.15, 0.2) is 81.0 Å². The van der Waals surface area contributed by atoms with Gasteiger partial charge in [-0.2, -0.15) is 5.26 Å². The van der Waals surface area contributed by atoms with Gasteiger partial charge in [-0.1, -0.05) is 41.1 Å². The number of halogens is 1. The standard InChI is InChI=1S/C29H22ClN3O4S2/c1-3-36-28(35)25-17(2)32-29-33(26(25)23-5-4-12-38-23)27(34)24(39-29)14-20-13-21(30)10-11-22(20)37-16-19-8-6-18(15-31)7-9-19/h4-14,26H,3,16H2,1-2H3/b24-14-/t26-/m0/s1. The number of nitriles is 1. The fourth-order valence-electron chi connectivity index (χ4n) is 4.25. The molecule has 1 aliphatic rings. The molecule has 2 aromatic heterocycles. The van der Waals surface area contributed by atoms with Crippen LogP contribution in [-0.4, -0.2) is 17.1 Å². The molecule has 5 rings (SSSR count). The molecule has 0 saturated heterocycles. The van der Waals surface area contributed by atoms with Crippen LogP contribution in [0.4, 0.5) is 0 Å². The fourth-order valence-corrected chi connectivity index (χ4v) is 6.29. The number of hydrogen-bond donors (Lipinski definition) is 0. The molecule has 0 amide bonds. The van der Waals surface area contributed by atoms with E-state index in [9.17, 15) is 9.59 Å². The topological polar surface area (TPSA) is 93.7 Å². The molecule has 39 heavy (non-hydrogen) atoms. The molecule has 0 bridgehead atoms. The SMILES string of the molecule is CCOC(=O)C1=C(C)N=c2s/c(=C\c3cc(Cl)ccc3OCc3ccc(C#N)cc3)c(=O)n2[C@H]1c1cccs1. The number of fused-ring (bicyclic) bond motifs is 1. The zero-order chi connectivity index (χ0) is 27.5. The molecule has 4 aromatic rings. The van der Waals surface area contributed by atoms with Crippen LogP contribution in [0, 0.1) is 11.3 Å². The zero-order valence-corrected chi connectivity index (χ0v) is 23.4. The first-order valence-corrected chi connectivity index (χ1v) is 14.1. The maximum Gasteiger partial charge on any atom is 0.338 e. The normalized spacial score (nSPS) is 14.9. The Balaban J connectivity index is 1.57. The maximum atomic E-state index is 13.8. The molecule has 1 atom stereocenters. The van der Waals surface area contributed by atoms with Gasteiger partial charge in [0.05, 0.1) is 34.0 Å². The Morgan fingerprint density at radius 1 is 1.23 bits per heavy atom. The summed E-state index contributed by atoms with van der Waals surface area (Å²) < 4.78 is 13.4. The van der Waals surface area contributed by atoms with E-state index in [4.69, 9.17) is 26.3 Å². The van der Waals surface area contributed by atoms with E-state index in [2.05, 4.69) is 11.1 Å². The van der Waals surface area contributed by atoms with Gasteiger partial charge in [0.1, 0.15) is 18.4 Å². The van der Waals surface area contributed by atoms with E-state index in [-0.39, 0.29) is 18.8 Å². The van der Waals surface area contributed by atoms with Crippen LogP contribution in [0.25, 0.3) is 6.08 Å². The van der Waals surface area contributed by atoms with Crippen LogP contribution >= 0.6 is 34.3 Å². The number of benzene rings is 2. The summed E-state index contributed by atoms with van der Waals surface area (Å²) in [7, 11) is 0. The Bertz CT molecular complexity index is 1800. The number of ether oxygens (including phenoxy) is 2. The first-order chi connectivity index (χ1) is 18.9. The number of esters is 1. The van der Waals surface area contributed by atoms with Crippen molar-refractivity contribution < 1.29 is 14.3 Å². The fraction of sp³-hybridized carbons (Fsp3) is 0.172. The van der Waals surface area contributed by atoms with Crippen molar-refractivity contribution >= 4 is 46.3 Å². The highest BCUT2D eigenvalue weighted by Crippen LogP contribution is 2.33. The van der Waals surface area contributed by atoms with Gasteiger partial charge in [-0.3, -0.25) is 9.36 Å². The molecular weight excluding hydrogens is 554 g/mol. The Labute approximate surface area is 237 Å². The van der Waals surface area contributed by atoms with E-state index in [0.717, 1.165) is 10.4 Å². The zero-order valence-electron chi connectivity index (χ0n) is 21.0. The van der Waals surface area contributed by atoms with E-state index in [1.54, 1.807) is 54.8 Å². The first kappa shape index (κ1) is 26.6. The number of thiazole rings is 1. The number of nitrogens with zero attached hydrogens (tertiary/aromatic N) is 3. The van der Waals surface area contributed by atoms with Crippen LogP contribution < -0.4 is 19.6 Å². The summed E-state index contributed by atoms with van der Waals surface area (Å²) in [5.74, 6) is 0.0626. The summed E-state index contributed by atoms with van der Waals surface area (Å²) in [4.78, 5) is 32.7. The monoisotopic (exact) mass is 575 g/mol. The Morgan fingerprint density at radius 3 is 2.72 bits per heavy atom. The lowest BCUT2D eigenvalue weighted by molar-refractivity contribution is -0.139. The molecule has 0 saturated carbocycles. The second-order valence-corrected chi connectivity index (χ2v) is 11.0. The van der Waals surface area contributed by atoms with Crippen molar-refractivity contribution in [3.05, 3.63) is 118 Å². The van der Waals surface area contributed by atoms with Crippen molar-refractivity contribution in [1.29, 1.82) is 5.26 Å². The predicted molar refractivity (Wildman–Crippen MR) is 152 cm³/mol. The Kier molecular flexibility index (Phi) is 7.79. The van der Waals surface area contributed by atoms with Crippen molar-refractivity contribution in [2.75, 3.05) is 6.61 Å². The van der Waals surface area contributed by atoms with Crippen LogP contribution in [0.1, 0.15) is 41.5 Å². The van der Waals surface area contributed by atoms with E-state index >= 15 is 0 Å². The minimum Gasteiger partial charge on any atom is -0.488 e. The third-order valence-electron chi connectivity index (χ3n) is 6.07. The summed E-state index contributed by atoms with van der Waals surface area (Å²) in [6.07, 6.45) is 1.73. The molecule has 196 valence electrons. The molecule has 0 spiro atoms. The molecular formula is C29H22ClN3O4S2. The summed E-state index contributed by atoms with van der Waals surface area (Å²) in [5, 5.41) is 11.4. The lowest BCUT2D eigenvalue weighted by atomic mass is 10.0. The highest BCUT2D eigenvalue weighted by molar-refractivity contribution is 7.10. The van der Waals surface area contributed by atoms with E-state index in [1.807, 2.05) is 29.6 Å². The summed E-state index contributed by atoms with van der Waals surface area (Å²) in [5.41, 5.74) is 2.71. The predicted octanol–water partition coefficient (Wildman–Crippen LogP) is 4.96. The highest BCUT2D eigenvalue weighted by Gasteiger charge is 2.33. The van der Waals surface area contributed by atoms with Gasteiger partial charge in [0.25, 0.3) is 5.56 Å². The number of carbonyl (C=O) groups excluding carboxylic acids is 1. The minimum atomic E-state index is -0.631. The van der Waals surface area contributed by atoms with Gasteiger partial charge >= 0.3 is 5.97 Å². The van der Waals surface area contributed by atoms with Gasteiger partial charge in [-0.15, -0.1) is 11.3 Å². The number of aromatic nitrogens is 1. The Hall–Kier alpha value is -3.97. The van der Waals surface area contributed by atoms with Gasteiger partial charge in [0, 0.05) is 15.5 Å². The number of allylic oxidation sites excluding steroid dienone is 1. The third kappa shape index (κ3) is 5.45. The van der Waals surface area contributed by atoms with Crippen molar-refractivity contribution in [3.63, 3.8) is 0 Å². The molecule has 7 nitrogen and oxygen atoms in total. The molecule has 0 unspecified atom stereocenters. The summed E-state index contributed by atoms with van der Waals surface area (Å²) in [6.45, 7) is 4.00. The lowest BCUT2D eigenvalue weighted by Crippen LogP contribution is -2.39. The second-order valence-electron chi connectivity index (χ2n) is 8.60. The average Bonchev–Trinajstić information content (AvgIpc) is 3.56. The molecule has 0 radical (unpaired) electrons. The van der Waals surface area contributed by atoms with Crippen LogP contribution in [0.2, 0.25) is 5.02 Å². The highest BCUT2D eigenvalue weighted by atomic mass is 35.5. The van der Waals surface area contributed by atoms with Gasteiger partial charge in [0.2, 0.25) is 0 Å². The molecule has 2 aromatic carbocycles. The van der Waals surface area contributed by atoms with E-state index < -0.39 is 12.0 Å². The van der Waals surface area contributed by atoms with Gasteiger partial charge in [0.15, 0.2) is 4.80 Å². The summed E-state index contributed by atoms with van der Waals surface area (Å²) in [6, 6.07) is 17.6. The number of carbonyl (C=O) groups is 1. The first-order valence-electron chi connectivity index (χ1n) is 12.0. The minimum absolute atomic E-state index is 0.219. The maximum absolute atomic E-state index is 13.8. The smallest absolute Gasteiger partial charge is 0.338 e. The summed E-state index contributed by atoms with van der Waals surface area (Å²) >= 11 is 9.01. The van der Waals surface area contributed by atoms with Crippen molar-refractivity contribution in [1.82, 2.24) is 4.57 Å². The molecule has 1 aliphatic heterocycles. The number of hydrogen-bond acceptors (Lipinski definition) is 8. The van der Waals surface area contributed by atoms with Crippen LogP contribution in [0.3, 0.4) is 0 Å². The van der Waals surface area contributed by atoms with Gasteiger partial charge in [-0.25, -0.2) is 9.79 Å². The van der Waals surface area contributed by atoms with Crippen LogP contribution in [-0.2, 0) is 16.1 Å². The van der Waals surface area contributed by atoms with E-state index in [1.165, 1.54) is 22.7 Å². The van der Waals surface area contributed by atoms with E-state index in [0.29, 0.717) is 42.5 Å². The second kappa shape index (κ2) is 11.4. The molecule has 10 heteroatoms. The van der Waals surface area contributed by atoms with Crippen LogP contribution in [0.5, 0.6) is 5.75 Å². The Morgan fingerprint density at radius 2 is 2.03 bits per heavy atom. The van der Waals surface area contributed by atoms with Gasteiger partial charge < -0.3 is 9.47 Å². The molecule has 0 aliphatic carbocycles. The van der Waals surface area contributed by atoms with Crippen molar-refractivity contribution in [3.8, 4) is 11.8 Å². The molecule has 3 heterocycles.